The van der Waals surface area contributed by atoms with Crippen molar-refractivity contribution in [1.29, 1.82) is 0 Å². The molecule has 3 N–H and O–H groups in total. The van der Waals surface area contributed by atoms with E-state index in [4.69, 9.17) is 4.74 Å². The van der Waals surface area contributed by atoms with Crippen LogP contribution in [0.5, 0.6) is 5.75 Å². The number of nitrogens with zero attached hydrogens (tertiary/aromatic N) is 1. The van der Waals surface area contributed by atoms with E-state index in [1.165, 1.54) is 0 Å². The zero-order chi connectivity index (χ0) is 36.3. The van der Waals surface area contributed by atoms with Crippen molar-refractivity contribution < 1.29 is 24.2 Å². The minimum absolute atomic E-state index is 0.0987. The van der Waals surface area contributed by atoms with Crippen molar-refractivity contribution in [3.8, 4) is 5.75 Å². The maximum atomic E-state index is 14.9. The normalized spacial score (nSPS) is 12.6. The molecule has 0 radical (unpaired) electrons. The predicted molar refractivity (Wildman–Crippen MR) is 201 cm³/mol. The number of hydrogen-bond donors (Lipinski definition) is 3. The summed E-state index contributed by atoms with van der Waals surface area (Å²) in [5, 5.41) is 17.9. The van der Waals surface area contributed by atoms with Crippen molar-refractivity contribution in [2.45, 2.75) is 104 Å². The number of nitrogens with one attached hydrogen (secondary N) is 2. The molecule has 0 spiro atoms. The fourth-order valence-corrected chi connectivity index (χ4v) is 6.03. The Morgan fingerprint density at radius 2 is 1.48 bits per heavy atom. The molecule has 3 amide bonds. The summed E-state index contributed by atoms with van der Waals surface area (Å²) in [5.74, 6) is -0.639. The lowest BCUT2D eigenvalue weighted by atomic mass is 9.96. The summed E-state index contributed by atoms with van der Waals surface area (Å²) < 4.78 is 5.59. The average Bonchev–Trinajstić information content (AvgIpc) is 3.06. The average molecular weight is 680 g/mol. The Morgan fingerprint density at radius 1 is 0.800 bits per heavy atom. The van der Waals surface area contributed by atoms with E-state index < -0.39 is 29.7 Å². The number of aromatic hydroxyl groups is 1. The van der Waals surface area contributed by atoms with E-state index in [0.717, 1.165) is 59.6 Å². The fraction of sp³-hybridized carbons (Fsp3) is 0.405. The third-order valence-electron chi connectivity index (χ3n) is 8.82. The SMILES string of the molecule is CCCCCCCCN(C(=O)C(Cc1ccc(O)cc1)NC(=O)OC(C)(C)C)C(C(=O)Nc1ccc2ccccc2c1)c1ccc(C)c(C)c1. The van der Waals surface area contributed by atoms with Gasteiger partial charge in [-0.2, -0.15) is 0 Å². The van der Waals surface area contributed by atoms with E-state index in [2.05, 4.69) is 17.6 Å². The van der Waals surface area contributed by atoms with Crippen LogP contribution in [0.4, 0.5) is 10.5 Å². The number of rotatable bonds is 15. The van der Waals surface area contributed by atoms with E-state index in [0.29, 0.717) is 24.2 Å². The number of anilines is 1. The van der Waals surface area contributed by atoms with Crippen LogP contribution in [-0.4, -0.2) is 46.1 Å². The molecule has 0 saturated heterocycles. The molecule has 0 bridgehead atoms. The number of carbonyl (C=O) groups excluding carboxylic acids is 3. The Labute approximate surface area is 297 Å². The van der Waals surface area contributed by atoms with Gasteiger partial charge in [-0.05, 0) is 98.3 Å². The molecule has 266 valence electrons. The number of benzene rings is 4. The quantitative estimate of drug-likeness (QED) is 0.109. The van der Waals surface area contributed by atoms with E-state index in [-0.39, 0.29) is 18.1 Å². The van der Waals surface area contributed by atoms with Crippen LogP contribution in [0.15, 0.2) is 84.9 Å². The van der Waals surface area contributed by atoms with Crippen molar-refractivity contribution >= 4 is 34.4 Å². The maximum Gasteiger partial charge on any atom is 0.408 e. The number of phenols is 1. The van der Waals surface area contributed by atoms with Crippen LogP contribution in [0, 0.1) is 13.8 Å². The van der Waals surface area contributed by atoms with Gasteiger partial charge in [-0.3, -0.25) is 9.59 Å². The summed E-state index contributed by atoms with van der Waals surface area (Å²) in [7, 11) is 0. The van der Waals surface area contributed by atoms with Gasteiger partial charge in [0.2, 0.25) is 5.91 Å². The standard InChI is InChI=1S/C42H53N3O5/c1-7-8-9-10-11-14-25-45(40(48)37(44-41(49)50-42(4,5)6)27-31-18-23-36(46)24-19-31)38(34-20-17-29(2)30(3)26-34)39(47)43-35-22-21-32-15-12-13-16-33(32)28-35/h12-13,15-24,26,28,37-38,46H,7-11,14,25,27H2,1-6H3,(H,43,47)(H,44,49). The summed E-state index contributed by atoms with van der Waals surface area (Å²) in [6, 6.07) is 24.1. The Hall–Kier alpha value is -4.85. The van der Waals surface area contributed by atoms with Crippen molar-refractivity contribution in [2.75, 3.05) is 11.9 Å². The molecule has 4 aromatic rings. The molecular weight excluding hydrogens is 626 g/mol. The lowest BCUT2D eigenvalue weighted by Crippen LogP contribution is -2.53. The van der Waals surface area contributed by atoms with Gasteiger partial charge in [0.05, 0.1) is 0 Å². The number of ether oxygens (including phenoxy) is 1. The first kappa shape index (κ1) is 38.0. The molecule has 8 heteroatoms. The zero-order valence-corrected chi connectivity index (χ0v) is 30.4. The Kier molecular flexibility index (Phi) is 13.4. The number of aryl methyl sites for hydroxylation is 2. The van der Waals surface area contributed by atoms with Crippen LogP contribution in [0.1, 0.15) is 94.5 Å². The fourth-order valence-electron chi connectivity index (χ4n) is 6.03. The summed E-state index contributed by atoms with van der Waals surface area (Å²) in [4.78, 5) is 44.3. The highest BCUT2D eigenvalue weighted by atomic mass is 16.6. The van der Waals surface area contributed by atoms with E-state index >= 15 is 0 Å². The molecule has 0 saturated carbocycles. The Balaban J connectivity index is 1.76. The number of fused-ring (bicyclic) bond motifs is 1. The number of carbonyl (C=O) groups is 3. The Morgan fingerprint density at radius 3 is 2.16 bits per heavy atom. The van der Waals surface area contributed by atoms with Gasteiger partial charge < -0.3 is 25.4 Å². The summed E-state index contributed by atoms with van der Waals surface area (Å²) in [6.07, 6.45) is 5.42. The first-order valence-electron chi connectivity index (χ1n) is 17.8. The predicted octanol–water partition coefficient (Wildman–Crippen LogP) is 9.17. The number of hydrogen-bond acceptors (Lipinski definition) is 5. The topological polar surface area (TPSA) is 108 Å². The summed E-state index contributed by atoms with van der Waals surface area (Å²) in [6.45, 7) is 11.8. The maximum absolute atomic E-state index is 14.9. The number of amides is 3. The van der Waals surface area contributed by atoms with Gasteiger partial charge in [0.15, 0.2) is 0 Å². The molecule has 0 fully saturated rings. The molecule has 0 aliphatic heterocycles. The molecule has 0 aliphatic carbocycles. The third kappa shape index (κ3) is 11.1. The van der Waals surface area contributed by atoms with Crippen molar-refractivity contribution in [2.24, 2.45) is 0 Å². The molecule has 2 unspecified atom stereocenters. The van der Waals surface area contributed by atoms with Gasteiger partial charge in [0.25, 0.3) is 5.91 Å². The minimum Gasteiger partial charge on any atom is -0.508 e. The highest BCUT2D eigenvalue weighted by molar-refractivity contribution is 6.00. The van der Waals surface area contributed by atoms with E-state index in [1.54, 1.807) is 49.9 Å². The molecule has 0 aliphatic rings. The lowest BCUT2D eigenvalue weighted by molar-refractivity contribution is -0.140. The second kappa shape index (κ2) is 17.7. The second-order valence-corrected chi connectivity index (χ2v) is 14.2. The highest BCUT2D eigenvalue weighted by Crippen LogP contribution is 2.29. The number of alkyl carbamates (subject to hydrolysis) is 1. The molecule has 0 aromatic heterocycles. The zero-order valence-electron chi connectivity index (χ0n) is 30.4. The molecule has 8 nitrogen and oxygen atoms in total. The van der Waals surface area contributed by atoms with Gasteiger partial charge in [0.1, 0.15) is 23.4 Å². The number of unbranched alkanes of at least 4 members (excludes halogenated alkanes) is 5. The molecule has 4 rings (SSSR count). The monoisotopic (exact) mass is 679 g/mol. The smallest absolute Gasteiger partial charge is 0.408 e. The van der Waals surface area contributed by atoms with Crippen LogP contribution < -0.4 is 10.6 Å². The molecule has 0 heterocycles. The van der Waals surface area contributed by atoms with Gasteiger partial charge in [0, 0.05) is 18.7 Å². The molecular formula is C42H53N3O5. The van der Waals surface area contributed by atoms with Crippen LogP contribution in [0.2, 0.25) is 0 Å². The lowest BCUT2D eigenvalue weighted by Gasteiger charge is -2.35. The van der Waals surface area contributed by atoms with Crippen LogP contribution in [0.25, 0.3) is 10.8 Å². The highest BCUT2D eigenvalue weighted by Gasteiger charge is 2.36. The van der Waals surface area contributed by atoms with Gasteiger partial charge in [-0.15, -0.1) is 0 Å². The third-order valence-corrected chi connectivity index (χ3v) is 8.82. The largest absolute Gasteiger partial charge is 0.508 e. The van der Waals surface area contributed by atoms with Gasteiger partial charge in [-0.1, -0.05) is 99.7 Å². The van der Waals surface area contributed by atoms with Crippen molar-refractivity contribution in [1.82, 2.24) is 10.2 Å². The molecule has 50 heavy (non-hydrogen) atoms. The Bertz CT molecular complexity index is 1740. The van der Waals surface area contributed by atoms with Gasteiger partial charge >= 0.3 is 6.09 Å². The van der Waals surface area contributed by atoms with E-state index in [1.807, 2.05) is 74.5 Å². The molecule has 2 atom stereocenters. The first-order valence-corrected chi connectivity index (χ1v) is 17.8. The molecule has 4 aromatic carbocycles. The van der Waals surface area contributed by atoms with Gasteiger partial charge in [-0.25, -0.2) is 4.79 Å². The second-order valence-electron chi connectivity index (χ2n) is 14.2. The van der Waals surface area contributed by atoms with E-state index in [9.17, 15) is 19.5 Å². The summed E-state index contributed by atoms with van der Waals surface area (Å²) >= 11 is 0. The van der Waals surface area contributed by atoms with Crippen molar-refractivity contribution in [3.63, 3.8) is 0 Å². The van der Waals surface area contributed by atoms with Crippen LogP contribution in [-0.2, 0) is 20.7 Å². The van der Waals surface area contributed by atoms with Crippen molar-refractivity contribution in [3.05, 3.63) is 107 Å². The first-order chi connectivity index (χ1) is 23.8. The minimum atomic E-state index is -1.04. The summed E-state index contributed by atoms with van der Waals surface area (Å²) in [5.41, 5.74) is 3.35. The van der Waals surface area contributed by atoms with Crippen LogP contribution >= 0.6 is 0 Å². The number of phenolic OH excluding ortho intramolecular Hbond substituents is 1. The van der Waals surface area contributed by atoms with Crippen LogP contribution in [0.3, 0.4) is 0 Å².